The van der Waals surface area contributed by atoms with E-state index in [9.17, 15) is 8.42 Å². The first-order valence-corrected chi connectivity index (χ1v) is 11.7. The molecule has 0 radical (unpaired) electrons. The van der Waals surface area contributed by atoms with Crippen LogP contribution >= 0.6 is 0 Å². The molecule has 4 rings (SSSR count). The molecule has 0 amide bonds. The molecule has 1 aromatic heterocycles. The number of nitrogens with zero attached hydrogens (tertiary/aromatic N) is 3. The average molecular weight is 434 g/mol. The van der Waals surface area contributed by atoms with Crippen molar-refractivity contribution < 1.29 is 17.9 Å². The zero-order valence-electron chi connectivity index (χ0n) is 17.1. The van der Waals surface area contributed by atoms with E-state index in [0.717, 1.165) is 25.3 Å². The highest BCUT2D eigenvalue weighted by molar-refractivity contribution is 7.89. The molecule has 0 atom stereocenters. The van der Waals surface area contributed by atoms with E-state index in [2.05, 4.69) is 24.9 Å². The third kappa shape index (κ3) is 4.93. The van der Waals surface area contributed by atoms with Crippen molar-refractivity contribution in [3.63, 3.8) is 0 Å². The lowest BCUT2D eigenvalue weighted by atomic mass is 10.3. The Kier molecular flexibility index (Phi) is 6.24. The molecule has 30 heavy (non-hydrogen) atoms. The molecule has 162 valence electrons. The van der Waals surface area contributed by atoms with Crippen molar-refractivity contribution in [1.29, 1.82) is 0 Å². The largest absolute Gasteiger partial charge is 0.490 e. The Hall–Kier alpha value is -2.59. The summed E-state index contributed by atoms with van der Waals surface area (Å²) in [5.41, 5.74) is 0. The second-order valence-corrected chi connectivity index (χ2v) is 9.10. The molecule has 2 aromatic rings. The highest BCUT2D eigenvalue weighted by Gasteiger charge is 2.19. The van der Waals surface area contributed by atoms with Gasteiger partial charge in [-0.3, -0.25) is 0 Å². The van der Waals surface area contributed by atoms with Crippen LogP contribution in [0.25, 0.3) is 0 Å². The minimum absolute atomic E-state index is 0.154. The van der Waals surface area contributed by atoms with Crippen LogP contribution in [0.15, 0.2) is 29.2 Å². The number of ether oxygens (including phenoxy) is 2. The number of hydrogen-bond donors (Lipinski definition) is 2. The van der Waals surface area contributed by atoms with Crippen LogP contribution in [0.4, 0.5) is 11.6 Å². The van der Waals surface area contributed by atoms with Gasteiger partial charge in [-0.2, -0.15) is 0 Å². The molecule has 0 spiro atoms. The third-order valence-electron chi connectivity index (χ3n) is 5.01. The Bertz CT molecular complexity index is 993. The Morgan fingerprint density at radius 3 is 2.57 bits per heavy atom. The second kappa shape index (κ2) is 9.05. The smallest absolute Gasteiger partial charge is 0.240 e. The summed E-state index contributed by atoms with van der Waals surface area (Å²) < 4.78 is 39.0. The normalized spacial score (nSPS) is 16.4. The van der Waals surface area contributed by atoms with Gasteiger partial charge in [-0.05, 0) is 31.9 Å². The lowest BCUT2D eigenvalue weighted by molar-refractivity contribution is 0.297. The van der Waals surface area contributed by atoms with Crippen LogP contribution in [0.1, 0.15) is 25.1 Å². The number of anilines is 2. The van der Waals surface area contributed by atoms with Gasteiger partial charge in [-0.1, -0.05) is 0 Å². The maximum atomic E-state index is 12.6. The molecule has 3 heterocycles. The fourth-order valence-corrected chi connectivity index (χ4v) is 4.57. The lowest BCUT2D eigenvalue weighted by Gasteiger charge is -2.18. The van der Waals surface area contributed by atoms with E-state index >= 15 is 0 Å². The van der Waals surface area contributed by atoms with Gasteiger partial charge in [0.05, 0.1) is 18.1 Å². The Labute approximate surface area is 176 Å². The number of benzene rings is 1. The fourth-order valence-electron chi connectivity index (χ4n) is 3.52. The minimum atomic E-state index is -3.66. The van der Waals surface area contributed by atoms with E-state index < -0.39 is 10.0 Å². The molecule has 0 saturated carbocycles. The zero-order valence-corrected chi connectivity index (χ0v) is 17.9. The number of aryl methyl sites for hydroxylation is 1. The molecule has 2 N–H and O–H groups in total. The summed E-state index contributed by atoms with van der Waals surface area (Å²) in [5, 5.41) is 3.18. The Morgan fingerprint density at radius 1 is 1.00 bits per heavy atom. The average Bonchev–Trinajstić information content (AvgIpc) is 3.16. The van der Waals surface area contributed by atoms with Gasteiger partial charge in [0, 0.05) is 44.7 Å². The van der Waals surface area contributed by atoms with Crippen molar-refractivity contribution in [2.45, 2.75) is 31.1 Å². The van der Waals surface area contributed by atoms with Crippen molar-refractivity contribution >= 4 is 21.7 Å². The summed E-state index contributed by atoms with van der Waals surface area (Å²) in [5.74, 6) is 3.32. The summed E-state index contributed by atoms with van der Waals surface area (Å²) >= 11 is 0. The second-order valence-electron chi connectivity index (χ2n) is 7.34. The van der Waals surface area contributed by atoms with E-state index in [1.54, 1.807) is 6.07 Å². The van der Waals surface area contributed by atoms with Crippen LogP contribution < -0.4 is 24.4 Å². The molecule has 10 heteroatoms. The molecule has 9 nitrogen and oxygen atoms in total. The van der Waals surface area contributed by atoms with Crippen LogP contribution in [0, 0.1) is 6.92 Å². The molecule has 2 aliphatic heterocycles. The van der Waals surface area contributed by atoms with Crippen LogP contribution in [0.3, 0.4) is 0 Å². The van der Waals surface area contributed by atoms with E-state index in [4.69, 9.17) is 9.47 Å². The molecule has 1 fully saturated rings. The topological polar surface area (TPSA) is 106 Å². The van der Waals surface area contributed by atoms with E-state index in [-0.39, 0.29) is 11.4 Å². The number of hydrogen-bond acceptors (Lipinski definition) is 8. The summed E-state index contributed by atoms with van der Waals surface area (Å²) in [7, 11) is -3.66. The highest BCUT2D eigenvalue weighted by atomic mass is 32.2. The van der Waals surface area contributed by atoms with Crippen molar-refractivity contribution in [2.75, 3.05) is 49.6 Å². The standard InChI is InChI=1S/C20H27N5O4S/c1-15-23-19(14-20(24-15)25-9-2-3-10-25)21-7-8-22-30(26,27)16-5-6-17-18(13-16)29-12-4-11-28-17/h5-6,13-14,22H,2-4,7-12H2,1H3,(H,21,23,24). The number of nitrogens with one attached hydrogen (secondary N) is 2. The first-order valence-electron chi connectivity index (χ1n) is 10.3. The number of sulfonamides is 1. The maximum absolute atomic E-state index is 12.6. The van der Waals surface area contributed by atoms with Crippen LogP contribution in [0.5, 0.6) is 11.5 Å². The van der Waals surface area contributed by atoms with Gasteiger partial charge in [0.1, 0.15) is 17.5 Å². The Balaban J connectivity index is 1.34. The number of fused-ring (bicyclic) bond motifs is 1. The molecular formula is C20H27N5O4S. The summed E-state index contributed by atoms with van der Waals surface area (Å²) in [6.07, 6.45) is 3.11. The van der Waals surface area contributed by atoms with E-state index in [0.29, 0.717) is 42.9 Å². The lowest BCUT2D eigenvalue weighted by Crippen LogP contribution is -2.29. The van der Waals surface area contributed by atoms with Gasteiger partial charge in [-0.15, -0.1) is 0 Å². The van der Waals surface area contributed by atoms with Gasteiger partial charge >= 0.3 is 0 Å². The monoisotopic (exact) mass is 433 g/mol. The van der Waals surface area contributed by atoms with Crippen LogP contribution in [-0.2, 0) is 10.0 Å². The van der Waals surface area contributed by atoms with Crippen molar-refractivity contribution in [1.82, 2.24) is 14.7 Å². The summed E-state index contributed by atoms with van der Waals surface area (Å²) in [6.45, 7) is 5.56. The number of rotatable bonds is 7. The fraction of sp³-hybridized carbons (Fsp3) is 0.500. The molecule has 0 aliphatic carbocycles. The predicted octanol–water partition coefficient (Wildman–Crippen LogP) is 1.94. The Morgan fingerprint density at radius 2 is 1.77 bits per heavy atom. The van der Waals surface area contributed by atoms with Gasteiger partial charge in [0.2, 0.25) is 10.0 Å². The van der Waals surface area contributed by atoms with Gasteiger partial charge in [0.15, 0.2) is 11.5 Å². The first-order chi connectivity index (χ1) is 14.5. The van der Waals surface area contributed by atoms with Gasteiger partial charge in [0.25, 0.3) is 0 Å². The minimum Gasteiger partial charge on any atom is -0.490 e. The van der Waals surface area contributed by atoms with Gasteiger partial charge in [-0.25, -0.2) is 23.1 Å². The maximum Gasteiger partial charge on any atom is 0.240 e. The molecule has 0 unspecified atom stereocenters. The van der Waals surface area contributed by atoms with Crippen molar-refractivity contribution in [3.8, 4) is 11.5 Å². The molecule has 2 aliphatic rings. The molecule has 1 saturated heterocycles. The first kappa shape index (κ1) is 20.7. The quantitative estimate of drug-likeness (QED) is 0.638. The van der Waals surface area contributed by atoms with Gasteiger partial charge < -0.3 is 19.7 Å². The van der Waals surface area contributed by atoms with Crippen LogP contribution in [0.2, 0.25) is 0 Å². The molecule has 1 aromatic carbocycles. The summed E-state index contributed by atoms with van der Waals surface area (Å²) in [6, 6.07) is 6.58. The predicted molar refractivity (Wildman–Crippen MR) is 114 cm³/mol. The SMILES string of the molecule is Cc1nc(NCCNS(=O)(=O)c2ccc3c(c2)OCCCO3)cc(N2CCCC2)n1. The zero-order chi connectivity index (χ0) is 21.0. The van der Waals surface area contributed by atoms with Crippen molar-refractivity contribution in [2.24, 2.45) is 0 Å². The van der Waals surface area contributed by atoms with Crippen LogP contribution in [-0.4, -0.2) is 57.8 Å². The number of aromatic nitrogens is 2. The molecule has 0 bridgehead atoms. The van der Waals surface area contributed by atoms with E-state index in [1.165, 1.54) is 25.0 Å². The summed E-state index contributed by atoms with van der Waals surface area (Å²) in [4.78, 5) is 11.3. The molecular weight excluding hydrogens is 406 g/mol. The van der Waals surface area contributed by atoms with E-state index in [1.807, 2.05) is 13.0 Å². The third-order valence-corrected chi connectivity index (χ3v) is 6.47. The highest BCUT2D eigenvalue weighted by Crippen LogP contribution is 2.31. The van der Waals surface area contributed by atoms with Crippen molar-refractivity contribution in [3.05, 3.63) is 30.1 Å².